The number of hydrogen-bond acceptors (Lipinski definition) is 1. The molecule has 3 aliphatic heterocycles. The summed E-state index contributed by atoms with van der Waals surface area (Å²) in [6.45, 7) is 14.1. The van der Waals surface area contributed by atoms with Crippen molar-refractivity contribution in [2.45, 2.75) is 103 Å². The van der Waals surface area contributed by atoms with Crippen LogP contribution in [0.25, 0.3) is 83.5 Å². The Labute approximate surface area is 424 Å². The lowest BCUT2D eigenvalue weighted by molar-refractivity contribution is -0.698. The van der Waals surface area contributed by atoms with E-state index in [2.05, 4.69) is 244 Å². The fourth-order valence-corrected chi connectivity index (χ4v) is 13.7. The van der Waals surface area contributed by atoms with Gasteiger partial charge < -0.3 is 9.88 Å². The number of pyridine rings is 1. The molecule has 3 aliphatic rings. The van der Waals surface area contributed by atoms with E-state index in [-0.39, 0.29) is 22.9 Å². The van der Waals surface area contributed by atoms with Crippen LogP contribution in [0.5, 0.6) is 0 Å². The molecule has 0 spiro atoms. The normalized spacial score (nSPS) is 17.9. The Bertz CT molecular complexity index is 3950. The van der Waals surface area contributed by atoms with Crippen molar-refractivity contribution in [1.29, 1.82) is 0 Å². The quantitative estimate of drug-likeness (QED) is 0.143. The molecule has 354 valence electrons. The molecule has 0 fully saturated rings. The maximum absolute atomic E-state index is 4.43. The standard InChI is InChI=1S/C69H64N3/c1-7-11-21-44-22-20-25-47(38-44)48-33-35-62-56(39-48)58-41-50(42-61-67(58)72(62)63-31-19-18-30-59(63)68(61,5)6)49-32-34-53-57(40-49)65(51-26-14-12-23-45(51)8-2)70-69(9-3,10-4)60(53)43-64-54-28-16-17-29-55(54)66-52-27-15-13-24-46(52)36-37-71(64)66/h8,12-20,22-42,60,64,70H,7,9-11,21,43H2,1-6H3/q+1. The zero-order chi connectivity index (χ0) is 48.9. The first-order valence-corrected chi connectivity index (χ1v) is 26.8. The van der Waals surface area contributed by atoms with Gasteiger partial charge in [0.1, 0.15) is 0 Å². The zero-order valence-corrected chi connectivity index (χ0v) is 42.7. The van der Waals surface area contributed by atoms with E-state index >= 15 is 0 Å². The molecule has 0 amide bonds. The third kappa shape index (κ3) is 6.66. The third-order valence-corrected chi connectivity index (χ3v) is 17.6. The van der Waals surface area contributed by atoms with Gasteiger partial charge in [0.25, 0.3) is 0 Å². The predicted molar refractivity (Wildman–Crippen MR) is 302 cm³/mol. The predicted octanol–water partition coefficient (Wildman–Crippen LogP) is 15.4. The van der Waals surface area contributed by atoms with Crippen molar-refractivity contribution < 1.29 is 4.57 Å². The molecule has 1 N–H and O–H groups in total. The molecule has 10 aromatic rings. The number of fused-ring (bicyclic) bond motifs is 11. The van der Waals surface area contributed by atoms with Crippen molar-refractivity contribution in [2.75, 3.05) is 0 Å². The topological polar surface area (TPSA) is 20.8 Å². The average molecular weight is 935 g/mol. The van der Waals surface area contributed by atoms with Gasteiger partial charge in [-0.3, -0.25) is 0 Å². The van der Waals surface area contributed by atoms with E-state index in [0.29, 0.717) is 0 Å². The lowest BCUT2D eigenvalue weighted by atomic mass is 9.67. The van der Waals surface area contributed by atoms with Crippen molar-refractivity contribution in [1.82, 2.24) is 9.88 Å². The smallest absolute Gasteiger partial charge is 0.221 e. The minimum absolute atomic E-state index is 0.171. The number of benzene rings is 8. The van der Waals surface area contributed by atoms with Gasteiger partial charge in [0.05, 0.1) is 33.4 Å². The van der Waals surface area contributed by atoms with Gasteiger partial charge in [0.2, 0.25) is 5.69 Å². The minimum Gasteiger partial charge on any atom is -0.378 e. The molecule has 72 heavy (non-hydrogen) atoms. The van der Waals surface area contributed by atoms with Crippen LogP contribution in [0, 0.1) is 0 Å². The third-order valence-electron chi connectivity index (χ3n) is 17.6. The molecule has 5 heterocycles. The summed E-state index contributed by atoms with van der Waals surface area (Å²) in [5.41, 5.74) is 20.8. The Morgan fingerprint density at radius 2 is 1.36 bits per heavy atom. The highest BCUT2D eigenvalue weighted by Gasteiger charge is 2.48. The number of rotatable bonds is 9. The maximum Gasteiger partial charge on any atom is 0.221 e. The van der Waals surface area contributed by atoms with Crippen LogP contribution in [0.1, 0.15) is 119 Å². The Morgan fingerprint density at radius 1 is 0.611 bits per heavy atom. The van der Waals surface area contributed by atoms with Crippen LogP contribution >= 0.6 is 0 Å². The largest absolute Gasteiger partial charge is 0.378 e. The van der Waals surface area contributed by atoms with E-state index < -0.39 is 0 Å². The number of hydrogen-bond donors (Lipinski definition) is 1. The van der Waals surface area contributed by atoms with Gasteiger partial charge in [0.15, 0.2) is 12.2 Å². The van der Waals surface area contributed by atoms with Gasteiger partial charge in [-0.2, -0.15) is 4.57 Å². The molecule has 2 unspecified atom stereocenters. The van der Waals surface area contributed by atoms with Crippen molar-refractivity contribution in [3.05, 3.63) is 226 Å². The van der Waals surface area contributed by atoms with Crippen LogP contribution in [0.3, 0.4) is 0 Å². The first kappa shape index (κ1) is 44.5. The number of aromatic nitrogens is 2. The lowest BCUT2D eigenvalue weighted by Crippen LogP contribution is -2.55. The molecule has 2 aromatic heterocycles. The molecular formula is C69H64N3+. The second kappa shape index (κ2) is 17.1. The van der Waals surface area contributed by atoms with Gasteiger partial charge in [-0.15, -0.1) is 0 Å². The van der Waals surface area contributed by atoms with Crippen LogP contribution in [0.2, 0.25) is 0 Å². The van der Waals surface area contributed by atoms with Crippen LogP contribution in [0.15, 0.2) is 182 Å². The summed E-state index contributed by atoms with van der Waals surface area (Å²) in [6, 6.07) is 67.7. The number of nitrogens with one attached hydrogen (secondary N) is 1. The Balaban J connectivity index is 1.04. The highest BCUT2D eigenvalue weighted by molar-refractivity contribution is 6.14. The first-order valence-electron chi connectivity index (χ1n) is 26.8. The van der Waals surface area contributed by atoms with Gasteiger partial charge in [0, 0.05) is 56.5 Å². The molecule has 0 saturated carbocycles. The van der Waals surface area contributed by atoms with E-state index in [0.717, 1.165) is 25.7 Å². The summed E-state index contributed by atoms with van der Waals surface area (Å²) in [4.78, 5) is 0. The van der Waals surface area contributed by atoms with Crippen molar-refractivity contribution >= 4 is 44.4 Å². The molecule has 8 aromatic carbocycles. The number of nitrogens with zero attached hydrogens (tertiary/aromatic N) is 2. The van der Waals surface area contributed by atoms with Crippen molar-refractivity contribution in [3.8, 4) is 39.2 Å². The summed E-state index contributed by atoms with van der Waals surface area (Å²) in [5, 5.41) is 12.2. The Kier molecular flexibility index (Phi) is 10.5. The fraction of sp³-hybridized carbons (Fsp3) is 0.232. The summed E-state index contributed by atoms with van der Waals surface area (Å²) in [5.74, 6) is 0.233. The van der Waals surface area contributed by atoms with Crippen LogP contribution in [-0.2, 0) is 11.8 Å². The van der Waals surface area contributed by atoms with E-state index in [1.54, 1.807) is 0 Å². The summed E-state index contributed by atoms with van der Waals surface area (Å²) in [7, 11) is 0. The van der Waals surface area contributed by atoms with Crippen LogP contribution in [0.4, 0.5) is 0 Å². The zero-order valence-electron chi connectivity index (χ0n) is 42.7. The molecule has 3 heteroatoms. The molecule has 2 atom stereocenters. The molecule has 0 radical (unpaired) electrons. The highest BCUT2D eigenvalue weighted by Crippen LogP contribution is 2.52. The first-order chi connectivity index (χ1) is 35.2. The maximum atomic E-state index is 4.43. The van der Waals surface area contributed by atoms with E-state index in [1.807, 2.05) is 0 Å². The number of unbranched alkanes of at least 4 members (excludes halogenated alkanes) is 1. The lowest BCUT2D eigenvalue weighted by Gasteiger charge is -2.47. The summed E-state index contributed by atoms with van der Waals surface area (Å²) >= 11 is 0. The van der Waals surface area contributed by atoms with E-state index in [1.165, 1.54) is 134 Å². The monoisotopic (exact) mass is 935 g/mol. The highest BCUT2D eigenvalue weighted by atomic mass is 15.1. The Morgan fingerprint density at radius 3 is 2.22 bits per heavy atom. The van der Waals surface area contributed by atoms with Crippen molar-refractivity contribution in [2.24, 2.45) is 0 Å². The fourth-order valence-electron chi connectivity index (χ4n) is 13.7. The van der Waals surface area contributed by atoms with Gasteiger partial charge in [-0.25, -0.2) is 0 Å². The average Bonchev–Trinajstić information content (AvgIpc) is 3.94. The van der Waals surface area contributed by atoms with Gasteiger partial charge in [-0.1, -0.05) is 168 Å². The SMILES string of the molecule is CC=c1ccccc1=C1NC(CC)(CC)C(CC2c3ccccc3-c3c4ccccc4cc[n+]32)c2ccc(-c3cc4c5c(c3)c3cc(-c6cccc(CCCC)c6)ccc3n5-c3ccccc3C4(C)C)cc21. The summed E-state index contributed by atoms with van der Waals surface area (Å²) < 4.78 is 5.16. The second-order valence-electron chi connectivity index (χ2n) is 21.5. The Hall–Kier alpha value is -7.49. The number of para-hydroxylation sites is 1. The molecule has 0 bridgehead atoms. The molecule has 0 saturated heterocycles. The molecule has 13 rings (SSSR count). The van der Waals surface area contributed by atoms with Crippen molar-refractivity contribution in [3.63, 3.8) is 0 Å². The summed E-state index contributed by atoms with van der Waals surface area (Å²) in [6.07, 6.45) is 11.1. The van der Waals surface area contributed by atoms with Crippen LogP contribution in [-0.4, -0.2) is 10.1 Å². The minimum atomic E-state index is -0.224. The molecular weight excluding hydrogens is 871 g/mol. The van der Waals surface area contributed by atoms with Gasteiger partial charge >= 0.3 is 0 Å². The number of aryl methyl sites for hydroxylation is 1. The van der Waals surface area contributed by atoms with Crippen LogP contribution < -0.4 is 20.3 Å². The molecule has 0 aliphatic carbocycles. The van der Waals surface area contributed by atoms with Gasteiger partial charge in [-0.05, 0) is 136 Å². The van der Waals surface area contributed by atoms with E-state index in [4.69, 9.17) is 0 Å². The second-order valence-corrected chi connectivity index (χ2v) is 21.5. The van der Waals surface area contributed by atoms with E-state index in [9.17, 15) is 0 Å². The molecule has 3 nitrogen and oxygen atoms in total.